The molecule has 184 valence electrons. The third-order valence-electron chi connectivity index (χ3n) is 5.89. The third kappa shape index (κ3) is 7.05. The standard InChI is InChI=1S/C14H17F2NO2.C12H12N4/c15-11-6-10(7-12(16)13(11)18)14(19)17-8-9-4-2-1-3-5-9;1-8-2-5-12(16-15-8)9-3-4-10(7-13)11(14)6-9/h6-7,9,18H,1-5,8H2,(H,17,19);2-7,13H,14H2,1H3. The number of amides is 1. The van der Waals surface area contributed by atoms with E-state index in [2.05, 4.69) is 15.5 Å². The van der Waals surface area contributed by atoms with Crippen LogP contribution in [0.1, 0.15) is 53.7 Å². The van der Waals surface area contributed by atoms with Crippen LogP contribution in [0.15, 0.2) is 42.5 Å². The minimum atomic E-state index is -1.12. The summed E-state index contributed by atoms with van der Waals surface area (Å²) >= 11 is 0. The van der Waals surface area contributed by atoms with Crippen LogP contribution in [-0.4, -0.2) is 34.0 Å². The number of halogens is 2. The first-order chi connectivity index (χ1) is 16.8. The van der Waals surface area contributed by atoms with E-state index in [4.69, 9.17) is 16.2 Å². The van der Waals surface area contributed by atoms with Gasteiger partial charge in [-0.2, -0.15) is 10.2 Å². The normalized spacial score (nSPS) is 13.5. The monoisotopic (exact) mass is 481 g/mol. The van der Waals surface area contributed by atoms with E-state index in [0.29, 0.717) is 23.7 Å². The highest BCUT2D eigenvalue weighted by atomic mass is 19.1. The second-order valence-electron chi connectivity index (χ2n) is 8.55. The predicted molar refractivity (Wildman–Crippen MR) is 131 cm³/mol. The number of nitrogens with zero attached hydrogens (tertiary/aromatic N) is 2. The molecule has 1 aromatic heterocycles. The number of nitrogen functional groups attached to an aromatic ring is 1. The van der Waals surface area contributed by atoms with E-state index in [9.17, 15) is 13.6 Å². The van der Waals surface area contributed by atoms with Crippen LogP contribution in [0.25, 0.3) is 11.3 Å². The van der Waals surface area contributed by atoms with E-state index in [1.807, 2.05) is 25.1 Å². The SMILES string of the molecule is Cc1ccc(-c2ccc(C=N)c(N)c2)nn1.O=C(NCC1CCCCC1)c1cc(F)c(O)c(F)c1. The lowest BCUT2D eigenvalue weighted by molar-refractivity contribution is 0.0942. The Balaban J connectivity index is 0.000000198. The van der Waals surface area contributed by atoms with Gasteiger partial charge in [0.1, 0.15) is 0 Å². The number of aryl methyl sites for hydroxylation is 1. The van der Waals surface area contributed by atoms with Gasteiger partial charge in [0, 0.05) is 35.1 Å². The van der Waals surface area contributed by atoms with Crippen LogP contribution in [0.5, 0.6) is 5.75 Å². The number of hydrogen-bond acceptors (Lipinski definition) is 6. The summed E-state index contributed by atoms with van der Waals surface area (Å²) in [7, 11) is 0. The molecule has 1 aliphatic carbocycles. The van der Waals surface area contributed by atoms with Crippen molar-refractivity contribution in [2.45, 2.75) is 39.0 Å². The number of nitrogens with one attached hydrogen (secondary N) is 2. The summed E-state index contributed by atoms with van der Waals surface area (Å²) in [5.41, 5.74) is 9.56. The Morgan fingerprint density at radius 1 is 1.11 bits per heavy atom. The fourth-order valence-electron chi connectivity index (χ4n) is 3.85. The van der Waals surface area contributed by atoms with Crippen LogP contribution in [0.4, 0.5) is 14.5 Å². The second kappa shape index (κ2) is 12.0. The predicted octanol–water partition coefficient (Wildman–Crippen LogP) is 5.01. The molecule has 1 fully saturated rings. The van der Waals surface area contributed by atoms with Gasteiger partial charge in [0.2, 0.25) is 0 Å². The van der Waals surface area contributed by atoms with Crippen LogP contribution in [-0.2, 0) is 0 Å². The van der Waals surface area contributed by atoms with Crippen molar-refractivity contribution < 1.29 is 18.7 Å². The van der Waals surface area contributed by atoms with Gasteiger partial charge < -0.3 is 21.6 Å². The number of phenolic OH excluding ortho intramolecular Hbond substituents is 1. The Hall–Kier alpha value is -3.88. The van der Waals surface area contributed by atoms with Gasteiger partial charge in [-0.3, -0.25) is 4.79 Å². The molecule has 7 nitrogen and oxygen atoms in total. The van der Waals surface area contributed by atoms with Crippen molar-refractivity contribution in [3.63, 3.8) is 0 Å². The van der Waals surface area contributed by atoms with E-state index in [-0.39, 0.29) is 5.56 Å². The summed E-state index contributed by atoms with van der Waals surface area (Å²) in [4.78, 5) is 11.8. The zero-order valence-electron chi connectivity index (χ0n) is 19.5. The largest absolute Gasteiger partial charge is 0.503 e. The van der Waals surface area contributed by atoms with Crippen molar-refractivity contribution >= 4 is 17.8 Å². The van der Waals surface area contributed by atoms with Crippen molar-refractivity contribution in [1.82, 2.24) is 15.5 Å². The minimum Gasteiger partial charge on any atom is -0.503 e. The van der Waals surface area contributed by atoms with Crippen molar-refractivity contribution in [2.24, 2.45) is 5.92 Å². The molecule has 2 aromatic carbocycles. The van der Waals surface area contributed by atoms with Gasteiger partial charge in [-0.1, -0.05) is 31.4 Å². The van der Waals surface area contributed by atoms with Crippen LogP contribution in [0.2, 0.25) is 0 Å². The number of benzene rings is 2. The Labute approximate surface area is 202 Å². The summed E-state index contributed by atoms with van der Waals surface area (Å²) < 4.78 is 26.3. The lowest BCUT2D eigenvalue weighted by Gasteiger charge is -2.21. The smallest absolute Gasteiger partial charge is 0.251 e. The number of hydrogen-bond donors (Lipinski definition) is 4. The van der Waals surface area contributed by atoms with Gasteiger partial charge in [-0.25, -0.2) is 8.78 Å². The first kappa shape index (κ1) is 25.7. The molecule has 1 amide bonds. The number of phenols is 1. The van der Waals surface area contributed by atoms with Crippen molar-refractivity contribution in [3.05, 3.63) is 70.9 Å². The highest BCUT2D eigenvalue weighted by Gasteiger charge is 2.17. The van der Waals surface area contributed by atoms with Crippen molar-refractivity contribution in [2.75, 3.05) is 12.3 Å². The molecule has 0 unspecified atom stereocenters. The molecule has 0 radical (unpaired) electrons. The first-order valence-electron chi connectivity index (χ1n) is 11.5. The summed E-state index contributed by atoms with van der Waals surface area (Å²) in [5.74, 6) is -3.36. The molecule has 0 atom stereocenters. The van der Waals surface area contributed by atoms with Crippen LogP contribution < -0.4 is 11.1 Å². The molecule has 1 heterocycles. The first-order valence-corrected chi connectivity index (χ1v) is 11.5. The maximum Gasteiger partial charge on any atom is 0.251 e. The van der Waals surface area contributed by atoms with E-state index < -0.39 is 23.3 Å². The van der Waals surface area contributed by atoms with Gasteiger partial charge in [-0.15, -0.1) is 0 Å². The number of carbonyl (C=O) groups excluding carboxylic acids is 1. The molecule has 35 heavy (non-hydrogen) atoms. The number of carbonyl (C=O) groups is 1. The number of anilines is 1. The third-order valence-corrected chi connectivity index (χ3v) is 5.89. The number of nitrogens with two attached hydrogens (primary N) is 1. The Morgan fingerprint density at radius 2 is 1.80 bits per heavy atom. The van der Waals surface area contributed by atoms with E-state index in [0.717, 1.165) is 41.9 Å². The molecule has 1 saturated carbocycles. The average molecular weight is 482 g/mol. The van der Waals surface area contributed by atoms with Crippen LogP contribution in [0, 0.1) is 29.9 Å². The van der Waals surface area contributed by atoms with Crippen LogP contribution in [0.3, 0.4) is 0 Å². The molecule has 0 spiro atoms. The van der Waals surface area contributed by atoms with Crippen molar-refractivity contribution in [3.8, 4) is 17.0 Å². The fraction of sp³-hybridized carbons (Fsp3) is 0.308. The second-order valence-corrected chi connectivity index (χ2v) is 8.55. The van der Waals surface area contributed by atoms with E-state index >= 15 is 0 Å². The highest BCUT2D eigenvalue weighted by molar-refractivity contribution is 5.94. The van der Waals surface area contributed by atoms with Crippen LogP contribution >= 0.6 is 0 Å². The van der Waals surface area contributed by atoms with Gasteiger partial charge in [0.05, 0.1) is 11.4 Å². The molecule has 0 aliphatic heterocycles. The number of aromatic hydroxyl groups is 1. The highest BCUT2D eigenvalue weighted by Crippen LogP contribution is 2.24. The fourth-order valence-corrected chi connectivity index (χ4v) is 3.85. The Morgan fingerprint density at radius 3 is 2.37 bits per heavy atom. The lowest BCUT2D eigenvalue weighted by atomic mass is 9.89. The number of rotatable bonds is 5. The molecule has 3 aromatic rings. The minimum absolute atomic E-state index is 0.108. The van der Waals surface area contributed by atoms with Gasteiger partial charge in [0.15, 0.2) is 17.4 Å². The Bertz CT molecular complexity index is 1160. The summed E-state index contributed by atoms with van der Waals surface area (Å²) in [6.45, 7) is 2.42. The molecule has 0 saturated heterocycles. The van der Waals surface area contributed by atoms with Crippen molar-refractivity contribution in [1.29, 1.82) is 5.41 Å². The van der Waals surface area contributed by atoms with E-state index in [1.54, 1.807) is 12.1 Å². The molecule has 0 bridgehead atoms. The molecule has 4 rings (SSSR count). The zero-order chi connectivity index (χ0) is 25.4. The summed E-state index contributed by atoms with van der Waals surface area (Å²) in [6.07, 6.45) is 6.97. The van der Waals surface area contributed by atoms with Gasteiger partial charge >= 0.3 is 0 Å². The van der Waals surface area contributed by atoms with Gasteiger partial charge in [0.25, 0.3) is 5.91 Å². The quantitative estimate of drug-likeness (QED) is 0.301. The van der Waals surface area contributed by atoms with Gasteiger partial charge in [-0.05, 0) is 56.0 Å². The molecule has 5 N–H and O–H groups in total. The summed E-state index contributed by atoms with van der Waals surface area (Å²) in [6, 6.07) is 11.0. The lowest BCUT2D eigenvalue weighted by Crippen LogP contribution is -2.30. The van der Waals surface area contributed by atoms with E-state index in [1.165, 1.54) is 25.5 Å². The topological polar surface area (TPSA) is 125 Å². The number of aromatic nitrogens is 2. The molecule has 1 aliphatic rings. The molecular weight excluding hydrogens is 452 g/mol. The average Bonchev–Trinajstić information content (AvgIpc) is 2.87. The maximum absolute atomic E-state index is 13.1. The molecule has 9 heteroatoms. The Kier molecular flexibility index (Phi) is 8.83. The molecular formula is C26H29F2N5O2. The zero-order valence-corrected chi connectivity index (χ0v) is 19.5. The summed E-state index contributed by atoms with van der Waals surface area (Å²) in [5, 5.41) is 26.9. The maximum atomic E-state index is 13.1.